The Bertz CT molecular complexity index is 485. The Morgan fingerprint density at radius 2 is 2.06 bits per heavy atom. The Balaban J connectivity index is 1.99. The van der Waals surface area contributed by atoms with E-state index in [1.165, 1.54) is 17.8 Å². The van der Waals surface area contributed by atoms with E-state index in [1.807, 2.05) is 6.07 Å². The molecule has 0 N–H and O–H groups in total. The number of hydrogen-bond donors (Lipinski definition) is 0. The molecule has 2 aromatic rings. The lowest BCUT2D eigenvalue weighted by molar-refractivity contribution is 0.394. The second kappa shape index (κ2) is 3.78. The Labute approximate surface area is 95.9 Å². The minimum atomic E-state index is 0.783. The molecule has 2 heteroatoms. The minimum absolute atomic E-state index is 0.783. The Kier molecular flexibility index (Phi) is 2.28. The highest BCUT2D eigenvalue weighted by molar-refractivity contribution is 5.58. The quantitative estimate of drug-likeness (QED) is 0.710. The van der Waals surface area contributed by atoms with Gasteiger partial charge in [-0.15, -0.1) is 0 Å². The summed E-state index contributed by atoms with van der Waals surface area (Å²) < 4.78 is 2.32. The van der Waals surface area contributed by atoms with Crippen LogP contribution in [-0.2, 0) is 13.0 Å². The number of aryl methyl sites for hydroxylation is 1. The van der Waals surface area contributed by atoms with Crippen molar-refractivity contribution in [3.63, 3.8) is 0 Å². The number of aromatic nitrogens is 2. The largest absolute Gasteiger partial charge is 0.334 e. The van der Waals surface area contributed by atoms with Crippen LogP contribution < -0.4 is 0 Å². The number of rotatable bonds is 1. The molecule has 82 valence electrons. The Morgan fingerprint density at radius 3 is 2.88 bits per heavy atom. The summed E-state index contributed by atoms with van der Waals surface area (Å²) in [5.41, 5.74) is 2.33. The van der Waals surface area contributed by atoms with Crippen LogP contribution in [-0.4, -0.2) is 9.55 Å². The zero-order valence-electron chi connectivity index (χ0n) is 9.56. The molecule has 2 heterocycles. The molecule has 0 saturated heterocycles. The molecule has 0 unspecified atom stereocenters. The summed E-state index contributed by atoms with van der Waals surface area (Å²) in [7, 11) is 0. The summed E-state index contributed by atoms with van der Waals surface area (Å²) in [4.78, 5) is 4.72. The van der Waals surface area contributed by atoms with Gasteiger partial charge in [0.1, 0.15) is 5.82 Å². The summed E-state index contributed by atoms with van der Waals surface area (Å²) in [5, 5.41) is 0. The molecule has 3 rings (SSSR count). The third kappa shape index (κ3) is 1.64. The SMILES string of the molecule is C[C@@H]1CCc2nc(-c3ccccc3)cn2C1. The lowest BCUT2D eigenvalue weighted by atomic mass is 10.0. The van der Waals surface area contributed by atoms with Gasteiger partial charge in [0.15, 0.2) is 0 Å². The summed E-state index contributed by atoms with van der Waals surface area (Å²) in [5.74, 6) is 2.03. The first-order valence-corrected chi connectivity index (χ1v) is 5.94. The summed E-state index contributed by atoms with van der Waals surface area (Å²) in [6.07, 6.45) is 4.58. The molecule has 2 nitrogen and oxygen atoms in total. The van der Waals surface area contributed by atoms with Crippen molar-refractivity contribution >= 4 is 0 Å². The molecule has 1 aromatic heterocycles. The fourth-order valence-electron chi connectivity index (χ4n) is 2.36. The smallest absolute Gasteiger partial charge is 0.109 e. The number of imidazole rings is 1. The van der Waals surface area contributed by atoms with Crippen molar-refractivity contribution in [1.82, 2.24) is 9.55 Å². The Morgan fingerprint density at radius 1 is 1.25 bits per heavy atom. The first-order valence-electron chi connectivity index (χ1n) is 5.94. The van der Waals surface area contributed by atoms with Gasteiger partial charge in [-0.2, -0.15) is 0 Å². The van der Waals surface area contributed by atoms with Gasteiger partial charge < -0.3 is 4.57 Å². The molecule has 1 aliphatic rings. The van der Waals surface area contributed by atoms with E-state index in [1.54, 1.807) is 0 Å². The van der Waals surface area contributed by atoms with E-state index in [0.717, 1.165) is 24.6 Å². The zero-order valence-corrected chi connectivity index (χ0v) is 9.56. The maximum atomic E-state index is 4.72. The van der Waals surface area contributed by atoms with Gasteiger partial charge in [-0.05, 0) is 12.3 Å². The predicted molar refractivity (Wildman–Crippen MR) is 65.1 cm³/mol. The van der Waals surface area contributed by atoms with Gasteiger partial charge in [-0.3, -0.25) is 0 Å². The van der Waals surface area contributed by atoms with E-state index >= 15 is 0 Å². The molecular weight excluding hydrogens is 196 g/mol. The number of nitrogens with zero attached hydrogens (tertiary/aromatic N) is 2. The van der Waals surface area contributed by atoms with Gasteiger partial charge in [-0.1, -0.05) is 37.3 Å². The third-order valence-electron chi connectivity index (χ3n) is 3.30. The second-order valence-electron chi connectivity index (χ2n) is 4.70. The van der Waals surface area contributed by atoms with Crippen molar-refractivity contribution in [2.75, 3.05) is 0 Å². The van der Waals surface area contributed by atoms with E-state index < -0.39 is 0 Å². The van der Waals surface area contributed by atoms with Gasteiger partial charge >= 0.3 is 0 Å². The van der Waals surface area contributed by atoms with Crippen molar-refractivity contribution in [3.8, 4) is 11.3 Å². The monoisotopic (exact) mass is 212 g/mol. The van der Waals surface area contributed by atoms with Crippen LogP contribution in [0.25, 0.3) is 11.3 Å². The van der Waals surface area contributed by atoms with Crippen LogP contribution in [0.3, 0.4) is 0 Å². The van der Waals surface area contributed by atoms with Crippen LogP contribution in [0.5, 0.6) is 0 Å². The van der Waals surface area contributed by atoms with Crippen molar-refractivity contribution in [3.05, 3.63) is 42.4 Å². The fraction of sp³-hybridized carbons (Fsp3) is 0.357. The average Bonchev–Trinajstić information content (AvgIpc) is 2.73. The van der Waals surface area contributed by atoms with E-state index in [9.17, 15) is 0 Å². The van der Waals surface area contributed by atoms with Gasteiger partial charge in [0.25, 0.3) is 0 Å². The molecular formula is C14H16N2. The maximum Gasteiger partial charge on any atom is 0.109 e. The highest BCUT2D eigenvalue weighted by Crippen LogP contribution is 2.24. The second-order valence-corrected chi connectivity index (χ2v) is 4.70. The molecule has 0 saturated carbocycles. The Hall–Kier alpha value is -1.57. The first kappa shape index (κ1) is 9.64. The summed E-state index contributed by atoms with van der Waals surface area (Å²) in [6.45, 7) is 3.43. The molecule has 0 spiro atoms. The topological polar surface area (TPSA) is 17.8 Å². The lowest BCUT2D eigenvalue weighted by Crippen LogP contribution is -2.17. The van der Waals surface area contributed by atoms with Gasteiger partial charge in [-0.25, -0.2) is 4.98 Å². The molecule has 1 atom stereocenters. The normalized spacial score (nSPS) is 19.4. The summed E-state index contributed by atoms with van der Waals surface area (Å²) >= 11 is 0. The van der Waals surface area contributed by atoms with Crippen molar-refractivity contribution in [1.29, 1.82) is 0 Å². The zero-order chi connectivity index (χ0) is 11.0. The van der Waals surface area contributed by atoms with Crippen LogP contribution in [0.1, 0.15) is 19.2 Å². The molecule has 0 amide bonds. The van der Waals surface area contributed by atoms with Crippen molar-refractivity contribution in [2.24, 2.45) is 5.92 Å². The number of fused-ring (bicyclic) bond motifs is 1. The van der Waals surface area contributed by atoms with Crippen LogP contribution >= 0.6 is 0 Å². The van der Waals surface area contributed by atoms with Gasteiger partial charge in [0.2, 0.25) is 0 Å². The molecule has 16 heavy (non-hydrogen) atoms. The van der Waals surface area contributed by atoms with E-state index in [-0.39, 0.29) is 0 Å². The standard InChI is InChI=1S/C14H16N2/c1-11-7-8-14-15-13(10-16(14)9-11)12-5-3-2-4-6-12/h2-6,10-11H,7-9H2,1H3/t11-/m1/s1. The maximum absolute atomic E-state index is 4.72. The molecule has 1 aliphatic heterocycles. The molecule has 0 bridgehead atoms. The van der Waals surface area contributed by atoms with Crippen molar-refractivity contribution < 1.29 is 0 Å². The van der Waals surface area contributed by atoms with Crippen LogP contribution in [0.2, 0.25) is 0 Å². The average molecular weight is 212 g/mol. The van der Waals surface area contributed by atoms with Gasteiger partial charge in [0, 0.05) is 24.7 Å². The number of benzene rings is 1. The van der Waals surface area contributed by atoms with Gasteiger partial charge in [0.05, 0.1) is 5.69 Å². The third-order valence-corrected chi connectivity index (χ3v) is 3.30. The first-order chi connectivity index (χ1) is 7.83. The molecule has 0 aliphatic carbocycles. The fourth-order valence-corrected chi connectivity index (χ4v) is 2.36. The predicted octanol–water partition coefficient (Wildman–Crippen LogP) is 3.13. The van der Waals surface area contributed by atoms with Crippen molar-refractivity contribution in [2.45, 2.75) is 26.3 Å². The van der Waals surface area contributed by atoms with E-state index in [0.29, 0.717) is 0 Å². The number of hydrogen-bond acceptors (Lipinski definition) is 1. The summed E-state index contributed by atoms with van der Waals surface area (Å²) in [6, 6.07) is 10.4. The van der Waals surface area contributed by atoms with E-state index in [4.69, 9.17) is 4.98 Å². The van der Waals surface area contributed by atoms with E-state index in [2.05, 4.69) is 42.0 Å². The van der Waals surface area contributed by atoms with Crippen LogP contribution in [0.15, 0.2) is 36.5 Å². The van der Waals surface area contributed by atoms with Crippen LogP contribution in [0, 0.1) is 5.92 Å². The lowest BCUT2D eigenvalue weighted by Gasteiger charge is -2.19. The molecule has 1 aromatic carbocycles. The van der Waals surface area contributed by atoms with Crippen LogP contribution in [0.4, 0.5) is 0 Å². The molecule has 0 radical (unpaired) electrons. The highest BCUT2D eigenvalue weighted by Gasteiger charge is 2.17. The minimum Gasteiger partial charge on any atom is -0.334 e. The highest BCUT2D eigenvalue weighted by atomic mass is 15.1. The molecule has 0 fully saturated rings.